The summed E-state index contributed by atoms with van der Waals surface area (Å²) in [5, 5.41) is 6.59. The summed E-state index contributed by atoms with van der Waals surface area (Å²) in [6, 6.07) is 0. The molecule has 0 spiro atoms. The van der Waals surface area contributed by atoms with E-state index in [1.54, 1.807) is 6.33 Å². The zero-order valence-corrected chi connectivity index (χ0v) is 12.5. The molecule has 0 atom stereocenters. The predicted molar refractivity (Wildman–Crippen MR) is 81.3 cm³/mol. The van der Waals surface area contributed by atoms with Crippen molar-refractivity contribution in [3.05, 3.63) is 11.9 Å². The molecule has 6 heteroatoms. The van der Waals surface area contributed by atoms with Crippen LogP contribution in [-0.4, -0.2) is 61.3 Å². The number of nitrogens with one attached hydrogen (secondary N) is 2. The third-order valence-corrected chi connectivity index (χ3v) is 3.51. The summed E-state index contributed by atoms with van der Waals surface area (Å²) in [6.07, 6.45) is 3.68. The van der Waals surface area contributed by atoms with Gasteiger partial charge in [0, 0.05) is 38.8 Å². The minimum absolute atomic E-state index is 0.846. The van der Waals surface area contributed by atoms with E-state index >= 15 is 0 Å². The van der Waals surface area contributed by atoms with Gasteiger partial charge in [-0.3, -0.25) is 4.90 Å². The van der Waals surface area contributed by atoms with Crippen LogP contribution in [0.4, 0.5) is 11.6 Å². The van der Waals surface area contributed by atoms with Crippen LogP contribution in [0.25, 0.3) is 0 Å². The molecule has 0 aliphatic carbocycles. The Balaban J connectivity index is 1.90. The first-order chi connectivity index (χ1) is 9.85. The fourth-order valence-electron chi connectivity index (χ4n) is 2.42. The average Bonchev–Trinajstić information content (AvgIpc) is 2.50. The van der Waals surface area contributed by atoms with E-state index < -0.39 is 0 Å². The summed E-state index contributed by atoms with van der Waals surface area (Å²) in [5.74, 6) is 1.88. The third-order valence-electron chi connectivity index (χ3n) is 3.51. The molecule has 1 fully saturated rings. The maximum Gasteiger partial charge on any atom is 0.134 e. The fraction of sp³-hybridized carbons (Fsp3) is 0.714. The summed E-state index contributed by atoms with van der Waals surface area (Å²) < 4.78 is 5.35. The highest BCUT2D eigenvalue weighted by Crippen LogP contribution is 2.20. The van der Waals surface area contributed by atoms with Gasteiger partial charge >= 0.3 is 0 Å². The van der Waals surface area contributed by atoms with Gasteiger partial charge in [-0.2, -0.15) is 0 Å². The molecule has 2 rings (SSSR count). The van der Waals surface area contributed by atoms with Crippen LogP contribution >= 0.6 is 0 Å². The number of hydrogen-bond donors (Lipinski definition) is 2. The van der Waals surface area contributed by atoms with Crippen LogP contribution in [0.3, 0.4) is 0 Å². The molecule has 1 aromatic rings. The first kappa shape index (κ1) is 15.0. The van der Waals surface area contributed by atoms with E-state index in [0.29, 0.717) is 0 Å². The minimum Gasteiger partial charge on any atom is -0.379 e. The highest BCUT2D eigenvalue weighted by molar-refractivity contribution is 5.57. The minimum atomic E-state index is 0.846. The Bertz CT molecular complexity index is 407. The van der Waals surface area contributed by atoms with Crippen molar-refractivity contribution >= 4 is 11.6 Å². The number of hydrogen-bond acceptors (Lipinski definition) is 6. The Morgan fingerprint density at radius 3 is 2.70 bits per heavy atom. The normalized spacial score (nSPS) is 16.1. The van der Waals surface area contributed by atoms with Crippen molar-refractivity contribution in [3.63, 3.8) is 0 Å². The number of morpholine rings is 1. The maximum atomic E-state index is 5.35. The molecule has 0 unspecified atom stereocenters. The second kappa shape index (κ2) is 8.01. The number of nitrogens with zero attached hydrogens (tertiary/aromatic N) is 3. The molecule has 0 amide bonds. The van der Waals surface area contributed by atoms with E-state index in [1.165, 1.54) is 5.56 Å². The average molecular weight is 279 g/mol. The zero-order valence-electron chi connectivity index (χ0n) is 12.5. The van der Waals surface area contributed by atoms with Crippen LogP contribution in [0, 0.1) is 0 Å². The van der Waals surface area contributed by atoms with Gasteiger partial charge in [0.1, 0.15) is 18.0 Å². The van der Waals surface area contributed by atoms with Crippen molar-refractivity contribution in [1.29, 1.82) is 0 Å². The molecule has 20 heavy (non-hydrogen) atoms. The van der Waals surface area contributed by atoms with Gasteiger partial charge in [-0.1, -0.05) is 13.3 Å². The first-order valence-electron chi connectivity index (χ1n) is 7.40. The lowest BCUT2D eigenvalue weighted by atomic mass is 10.1. The summed E-state index contributed by atoms with van der Waals surface area (Å²) in [6.45, 7) is 7.83. The molecule has 6 nitrogen and oxygen atoms in total. The Morgan fingerprint density at radius 1 is 1.25 bits per heavy atom. The second-order valence-electron chi connectivity index (χ2n) is 4.93. The molecular formula is C14H25N5O. The van der Waals surface area contributed by atoms with Crippen LogP contribution in [0.1, 0.15) is 18.9 Å². The zero-order chi connectivity index (χ0) is 14.2. The lowest BCUT2D eigenvalue weighted by molar-refractivity contribution is 0.0398. The molecule has 0 saturated carbocycles. The lowest BCUT2D eigenvalue weighted by Crippen LogP contribution is -2.39. The van der Waals surface area contributed by atoms with Gasteiger partial charge in [-0.15, -0.1) is 0 Å². The van der Waals surface area contributed by atoms with Gasteiger partial charge < -0.3 is 15.4 Å². The Labute approximate surface area is 120 Å². The third kappa shape index (κ3) is 4.05. The summed E-state index contributed by atoms with van der Waals surface area (Å²) in [4.78, 5) is 11.1. The Morgan fingerprint density at radius 2 is 2.00 bits per heavy atom. The number of rotatable bonds is 7. The number of anilines is 2. The standard InChI is InChI=1S/C14H25N5O/c1-3-4-12-13(15-2)17-11-18-14(12)16-5-6-19-7-9-20-10-8-19/h11H,3-10H2,1-2H3,(H2,15,16,17,18). The van der Waals surface area contributed by atoms with Gasteiger partial charge in [0.2, 0.25) is 0 Å². The molecular weight excluding hydrogens is 254 g/mol. The van der Waals surface area contributed by atoms with Crippen molar-refractivity contribution in [2.45, 2.75) is 19.8 Å². The lowest BCUT2D eigenvalue weighted by Gasteiger charge is -2.26. The molecule has 1 aliphatic heterocycles. The fourth-order valence-corrected chi connectivity index (χ4v) is 2.42. The van der Waals surface area contributed by atoms with E-state index in [9.17, 15) is 0 Å². The molecule has 1 aliphatic rings. The Kier molecular flexibility index (Phi) is 6.01. The summed E-state index contributed by atoms with van der Waals surface area (Å²) in [7, 11) is 1.90. The molecule has 112 valence electrons. The summed E-state index contributed by atoms with van der Waals surface area (Å²) >= 11 is 0. The predicted octanol–water partition coefficient (Wildman–Crippen LogP) is 1.21. The highest BCUT2D eigenvalue weighted by atomic mass is 16.5. The first-order valence-corrected chi connectivity index (χ1v) is 7.40. The maximum absolute atomic E-state index is 5.35. The van der Waals surface area contributed by atoms with Crippen molar-refractivity contribution in [1.82, 2.24) is 14.9 Å². The highest BCUT2D eigenvalue weighted by Gasteiger charge is 2.12. The monoisotopic (exact) mass is 279 g/mol. The molecule has 1 saturated heterocycles. The van der Waals surface area contributed by atoms with E-state index in [-0.39, 0.29) is 0 Å². The van der Waals surface area contributed by atoms with Crippen molar-refractivity contribution in [2.24, 2.45) is 0 Å². The molecule has 1 aromatic heterocycles. The van der Waals surface area contributed by atoms with Crippen LogP contribution < -0.4 is 10.6 Å². The number of aromatic nitrogens is 2. The second-order valence-corrected chi connectivity index (χ2v) is 4.93. The quantitative estimate of drug-likeness (QED) is 0.782. The SMILES string of the molecule is CCCc1c(NC)ncnc1NCCN1CCOCC1. The smallest absolute Gasteiger partial charge is 0.134 e. The van der Waals surface area contributed by atoms with E-state index in [1.807, 2.05) is 7.05 Å². The molecule has 2 heterocycles. The van der Waals surface area contributed by atoms with Crippen LogP contribution in [0.2, 0.25) is 0 Å². The van der Waals surface area contributed by atoms with Gasteiger partial charge in [0.15, 0.2) is 0 Å². The van der Waals surface area contributed by atoms with E-state index in [2.05, 4.69) is 32.4 Å². The van der Waals surface area contributed by atoms with Crippen LogP contribution in [0.15, 0.2) is 6.33 Å². The molecule has 0 radical (unpaired) electrons. The van der Waals surface area contributed by atoms with Crippen molar-refractivity contribution in [3.8, 4) is 0 Å². The van der Waals surface area contributed by atoms with Crippen molar-refractivity contribution < 1.29 is 4.74 Å². The largest absolute Gasteiger partial charge is 0.379 e. The molecule has 0 bridgehead atoms. The summed E-state index contributed by atoms with van der Waals surface area (Å²) in [5.41, 5.74) is 1.18. The Hall–Kier alpha value is -1.40. The number of ether oxygens (including phenoxy) is 1. The van der Waals surface area contributed by atoms with Crippen LogP contribution in [-0.2, 0) is 11.2 Å². The van der Waals surface area contributed by atoms with E-state index in [0.717, 1.165) is 63.9 Å². The van der Waals surface area contributed by atoms with Crippen LogP contribution in [0.5, 0.6) is 0 Å². The molecule has 2 N–H and O–H groups in total. The van der Waals surface area contributed by atoms with Gasteiger partial charge in [0.05, 0.1) is 13.2 Å². The molecule has 0 aromatic carbocycles. The van der Waals surface area contributed by atoms with Gasteiger partial charge in [0.25, 0.3) is 0 Å². The van der Waals surface area contributed by atoms with E-state index in [4.69, 9.17) is 4.74 Å². The topological polar surface area (TPSA) is 62.3 Å². The van der Waals surface area contributed by atoms with Crippen molar-refractivity contribution in [2.75, 3.05) is 57.1 Å². The van der Waals surface area contributed by atoms with Gasteiger partial charge in [-0.25, -0.2) is 9.97 Å². The van der Waals surface area contributed by atoms with Gasteiger partial charge in [-0.05, 0) is 6.42 Å².